The Hall–Kier alpha value is -1.35. The third-order valence-electron chi connectivity index (χ3n) is 4.57. The molecule has 3 rings (SSSR count). The van der Waals surface area contributed by atoms with Crippen LogP contribution in [0.2, 0.25) is 0 Å². The highest BCUT2D eigenvalue weighted by atomic mass is 79.9. The van der Waals surface area contributed by atoms with Crippen molar-refractivity contribution in [3.8, 4) is 0 Å². The van der Waals surface area contributed by atoms with E-state index < -0.39 is 5.54 Å². The number of morpholine rings is 1. The van der Waals surface area contributed by atoms with E-state index in [1.807, 2.05) is 14.0 Å². The van der Waals surface area contributed by atoms with Gasteiger partial charge in [0.1, 0.15) is 12.0 Å². The van der Waals surface area contributed by atoms with Crippen molar-refractivity contribution in [1.82, 2.24) is 15.2 Å². The topological polar surface area (TPSA) is 90.7 Å². The maximum Gasteiger partial charge on any atom is 0.267 e. The molecular weight excluding hydrogens is 366 g/mol. The number of halogens is 1. The molecule has 126 valence electrons. The Morgan fingerprint density at radius 1 is 1.65 bits per heavy atom. The van der Waals surface area contributed by atoms with Crippen molar-refractivity contribution in [2.24, 2.45) is 0 Å². The highest BCUT2D eigenvalue weighted by molar-refractivity contribution is 9.10. The van der Waals surface area contributed by atoms with E-state index >= 15 is 0 Å². The van der Waals surface area contributed by atoms with Gasteiger partial charge in [-0.1, -0.05) is 0 Å². The van der Waals surface area contributed by atoms with Crippen molar-refractivity contribution in [3.63, 3.8) is 0 Å². The summed E-state index contributed by atoms with van der Waals surface area (Å²) in [5.74, 6) is -0.247. The number of furan rings is 1. The van der Waals surface area contributed by atoms with Gasteiger partial charge in [-0.05, 0) is 29.9 Å². The van der Waals surface area contributed by atoms with Gasteiger partial charge in [0, 0.05) is 18.7 Å². The SMILES string of the molecule is C[C@@H]1COC[C@@](CO)(CNC(=O)c2cc3occ(Br)c3[nH]2)N1C. The second-order valence-corrected chi connectivity index (χ2v) is 6.90. The number of carbonyl (C=O) groups is 1. The van der Waals surface area contributed by atoms with E-state index in [9.17, 15) is 9.90 Å². The van der Waals surface area contributed by atoms with Crippen LogP contribution in [0.1, 0.15) is 17.4 Å². The molecule has 0 radical (unpaired) electrons. The van der Waals surface area contributed by atoms with Gasteiger partial charge in [0.2, 0.25) is 0 Å². The van der Waals surface area contributed by atoms with Crippen molar-refractivity contribution in [2.75, 3.05) is 33.4 Å². The average molecular weight is 386 g/mol. The largest absolute Gasteiger partial charge is 0.461 e. The van der Waals surface area contributed by atoms with E-state index in [0.717, 1.165) is 9.99 Å². The summed E-state index contributed by atoms with van der Waals surface area (Å²) in [5, 5.41) is 12.7. The quantitative estimate of drug-likeness (QED) is 0.738. The van der Waals surface area contributed by atoms with Gasteiger partial charge in [-0.25, -0.2) is 0 Å². The number of aliphatic hydroxyl groups excluding tert-OH is 1. The monoisotopic (exact) mass is 385 g/mol. The maximum absolute atomic E-state index is 12.4. The van der Waals surface area contributed by atoms with Gasteiger partial charge in [0.15, 0.2) is 5.58 Å². The lowest BCUT2D eigenvalue weighted by atomic mass is 9.96. The Kier molecular flexibility index (Phi) is 4.50. The summed E-state index contributed by atoms with van der Waals surface area (Å²) in [7, 11) is 1.94. The fraction of sp³-hybridized carbons (Fsp3) is 0.533. The van der Waals surface area contributed by atoms with E-state index in [0.29, 0.717) is 31.0 Å². The van der Waals surface area contributed by atoms with Crippen molar-refractivity contribution in [2.45, 2.75) is 18.5 Å². The number of amides is 1. The zero-order chi connectivity index (χ0) is 16.6. The van der Waals surface area contributed by atoms with E-state index in [2.05, 4.69) is 31.1 Å². The maximum atomic E-state index is 12.4. The fourth-order valence-corrected chi connectivity index (χ4v) is 3.22. The number of aromatic amines is 1. The van der Waals surface area contributed by atoms with Crippen LogP contribution in [0.15, 0.2) is 21.2 Å². The van der Waals surface area contributed by atoms with E-state index in [1.165, 1.54) is 0 Å². The first kappa shape index (κ1) is 16.5. The van der Waals surface area contributed by atoms with Crippen molar-refractivity contribution >= 4 is 32.9 Å². The minimum atomic E-state index is -0.611. The fourth-order valence-electron chi connectivity index (χ4n) is 2.83. The van der Waals surface area contributed by atoms with Gasteiger partial charge in [0.25, 0.3) is 5.91 Å². The van der Waals surface area contributed by atoms with Gasteiger partial charge >= 0.3 is 0 Å². The normalized spacial score (nSPS) is 25.8. The third-order valence-corrected chi connectivity index (χ3v) is 5.15. The summed E-state index contributed by atoms with van der Waals surface area (Å²) in [6.07, 6.45) is 1.57. The lowest BCUT2D eigenvalue weighted by Crippen LogP contribution is -2.65. The number of hydrogen-bond acceptors (Lipinski definition) is 5. The molecule has 0 aliphatic carbocycles. The van der Waals surface area contributed by atoms with Crippen LogP contribution >= 0.6 is 15.9 Å². The molecule has 2 atom stereocenters. The number of H-pyrrole nitrogens is 1. The summed E-state index contributed by atoms with van der Waals surface area (Å²) in [4.78, 5) is 17.5. The van der Waals surface area contributed by atoms with Crippen LogP contribution in [0.3, 0.4) is 0 Å². The Morgan fingerprint density at radius 2 is 2.43 bits per heavy atom. The van der Waals surface area contributed by atoms with Crippen molar-refractivity contribution in [3.05, 3.63) is 22.5 Å². The predicted molar refractivity (Wildman–Crippen MR) is 88.5 cm³/mol. The third kappa shape index (κ3) is 2.91. The van der Waals surface area contributed by atoms with Crippen molar-refractivity contribution in [1.29, 1.82) is 0 Å². The van der Waals surface area contributed by atoms with Gasteiger partial charge in [0.05, 0.1) is 35.3 Å². The molecule has 0 unspecified atom stereocenters. The minimum Gasteiger partial charge on any atom is -0.461 e. The number of nitrogens with zero attached hydrogens (tertiary/aromatic N) is 1. The molecule has 0 saturated carbocycles. The predicted octanol–water partition coefficient (Wildman–Crippen LogP) is 1.33. The Bertz CT molecular complexity index is 713. The molecule has 2 aromatic heterocycles. The first-order valence-electron chi connectivity index (χ1n) is 7.42. The molecule has 3 N–H and O–H groups in total. The van der Waals surface area contributed by atoms with Crippen LogP contribution in [0, 0.1) is 0 Å². The first-order chi connectivity index (χ1) is 11.0. The zero-order valence-electron chi connectivity index (χ0n) is 13.1. The molecule has 1 aliphatic heterocycles. The number of fused-ring (bicyclic) bond motifs is 1. The van der Waals surface area contributed by atoms with Gasteiger partial charge in [-0.2, -0.15) is 0 Å². The Morgan fingerprint density at radius 3 is 3.13 bits per heavy atom. The molecule has 0 aromatic carbocycles. The number of carbonyl (C=O) groups excluding carboxylic acids is 1. The highest BCUT2D eigenvalue weighted by Crippen LogP contribution is 2.26. The molecule has 1 fully saturated rings. The summed E-state index contributed by atoms with van der Waals surface area (Å²) < 4.78 is 11.7. The molecule has 23 heavy (non-hydrogen) atoms. The van der Waals surface area contributed by atoms with E-state index in [-0.39, 0.29) is 18.6 Å². The van der Waals surface area contributed by atoms with Crippen molar-refractivity contribution < 1.29 is 19.1 Å². The Labute approximate surface area is 142 Å². The molecule has 1 saturated heterocycles. The molecular formula is C15H20BrN3O4. The summed E-state index contributed by atoms with van der Waals surface area (Å²) >= 11 is 3.35. The number of ether oxygens (including phenoxy) is 1. The molecule has 2 aromatic rings. The van der Waals surface area contributed by atoms with Crippen LogP contribution < -0.4 is 5.32 Å². The highest BCUT2D eigenvalue weighted by Gasteiger charge is 2.40. The number of aliphatic hydroxyl groups is 1. The number of rotatable bonds is 4. The minimum absolute atomic E-state index is 0.0905. The second kappa shape index (κ2) is 6.27. The first-order valence-corrected chi connectivity index (χ1v) is 8.21. The molecule has 1 aliphatic rings. The average Bonchev–Trinajstić information content (AvgIpc) is 3.11. The number of hydrogen-bond donors (Lipinski definition) is 3. The smallest absolute Gasteiger partial charge is 0.267 e. The summed E-state index contributed by atoms with van der Waals surface area (Å²) in [6, 6.07) is 1.83. The van der Waals surface area contributed by atoms with E-state index in [4.69, 9.17) is 9.15 Å². The summed E-state index contributed by atoms with van der Waals surface area (Å²) in [5.41, 5.74) is 1.17. The molecule has 1 amide bonds. The zero-order valence-corrected chi connectivity index (χ0v) is 14.6. The van der Waals surface area contributed by atoms with Crippen LogP contribution in [0.5, 0.6) is 0 Å². The number of nitrogens with one attached hydrogen (secondary N) is 2. The van der Waals surface area contributed by atoms with Crippen LogP contribution in [-0.2, 0) is 4.74 Å². The molecule has 3 heterocycles. The second-order valence-electron chi connectivity index (χ2n) is 6.05. The Balaban J connectivity index is 1.71. The number of likely N-dealkylation sites (N-methyl/N-ethyl adjacent to an activating group) is 1. The molecule has 7 nitrogen and oxygen atoms in total. The number of aromatic nitrogens is 1. The van der Waals surface area contributed by atoms with Gasteiger partial charge in [-0.15, -0.1) is 0 Å². The van der Waals surface area contributed by atoms with Crippen LogP contribution in [0.25, 0.3) is 11.1 Å². The van der Waals surface area contributed by atoms with Crippen LogP contribution in [0.4, 0.5) is 0 Å². The van der Waals surface area contributed by atoms with Crippen LogP contribution in [-0.4, -0.2) is 65.9 Å². The van der Waals surface area contributed by atoms with Gasteiger partial charge in [-0.3, -0.25) is 9.69 Å². The molecule has 8 heteroatoms. The molecule has 0 bridgehead atoms. The van der Waals surface area contributed by atoms with Gasteiger partial charge < -0.3 is 24.6 Å². The summed E-state index contributed by atoms with van der Waals surface area (Å²) in [6.45, 7) is 3.23. The van der Waals surface area contributed by atoms with E-state index in [1.54, 1.807) is 12.3 Å². The lowest BCUT2D eigenvalue weighted by molar-refractivity contribution is -0.105. The lowest BCUT2D eigenvalue weighted by Gasteiger charge is -2.47. The molecule has 0 spiro atoms. The standard InChI is InChI=1S/C15H20BrN3O4/c1-9-4-22-8-15(7-20,19(9)2)6-17-14(21)11-3-12-13(18-11)10(16)5-23-12/h3,5,9,18,20H,4,6-8H2,1-2H3,(H,17,21)/t9-,15+/m1/s1.